The fourth-order valence-corrected chi connectivity index (χ4v) is 3.28. The van der Waals surface area contributed by atoms with Gasteiger partial charge in [-0.2, -0.15) is 0 Å². The van der Waals surface area contributed by atoms with Crippen LogP contribution in [0.2, 0.25) is 0 Å². The van der Waals surface area contributed by atoms with Crippen LogP contribution in [0, 0.1) is 16.0 Å². The molecule has 0 radical (unpaired) electrons. The van der Waals surface area contributed by atoms with Crippen molar-refractivity contribution in [3.63, 3.8) is 0 Å². The van der Waals surface area contributed by atoms with E-state index in [1.807, 2.05) is 19.1 Å². The van der Waals surface area contributed by atoms with Gasteiger partial charge in [-0.25, -0.2) is 0 Å². The van der Waals surface area contributed by atoms with Crippen molar-refractivity contribution in [1.29, 1.82) is 0 Å². The van der Waals surface area contributed by atoms with Crippen LogP contribution in [0.3, 0.4) is 0 Å². The Morgan fingerprint density at radius 3 is 2.78 bits per heavy atom. The van der Waals surface area contributed by atoms with Crippen LogP contribution in [0.1, 0.15) is 38.7 Å². The lowest BCUT2D eigenvalue weighted by Gasteiger charge is -2.21. The molecule has 150 valence electrons. The molecule has 1 aromatic carbocycles. The number of nitro benzene ring substituents is 1. The van der Waals surface area contributed by atoms with Crippen molar-refractivity contribution in [3.05, 3.63) is 39.9 Å². The molecule has 7 nitrogen and oxygen atoms in total. The van der Waals surface area contributed by atoms with Gasteiger partial charge in [0.2, 0.25) is 0 Å². The summed E-state index contributed by atoms with van der Waals surface area (Å²) in [6, 6.07) is 6.83. The van der Waals surface area contributed by atoms with Gasteiger partial charge < -0.3 is 15.0 Å². The largest absolute Gasteiger partial charge is 0.381 e. The average Bonchev–Trinajstić information content (AvgIpc) is 3.14. The molecule has 0 aromatic heterocycles. The predicted octanol–water partition coefficient (Wildman–Crippen LogP) is 3.24. The molecule has 1 atom stereocenters. The lowest BCUT2D eigenvalue weighted by molar-refractivity contribution is -0.384. The van der Waals surface area contributed by atoms with E-state index in [-0.39, 0.29) is 10.6 Å². The molecular weight excluding hydrogens is 344 g/mol. The second-order valence-corrected chi connectivity index (χ2v) is 6.88. The number of aliphatic imine (C=N–C) groups is 1. The fourth-order valence-electron chi connectivity index (χ4n) is 3.28. The molecule has 0 amide bonds. The van der Waals surface area contributed by atoms with Gasteiger partial charge in [0.1, 0.15) is 0 Å². The van der Waals surface area contributed by atoms with E-state index in [4.69, 9.17) is 9.73 Å². The molecule has 1 saturated heterocycles. The molecule has 0 saturated carbocycles. The van der Waals surface area contributed by atoms with E-state index < -0.39 is 0 Å². The first kappa shape index (κ1) is 21.2. The first-order valence-corrected chi connectivity index (χ1v) is 9.98. The number of hydrogen-bond donors (Lipinski definition) is 1. The number of non-ortho nitro benzene ring substituents is 1. The highest BCUT2D eigenvalue weighted by molar-refractivity contribution is 5.80. The fraction of sp³-hybridized carbons (Fsp3) is 0.650. The van der Waals surface area contributed by atoms with Crippen molar-refractivity contribution < 1.29 is 9.66 Å². The highest BCUT2D eigenvalue weighted by atomic mass is 16.6. The number of unbranched alkanes of at least 4 members (excludes halogenated alkanes) is 1. The first-order chi connectivity index (χ1) is 13.1. The zero-order valence-corrected chi connectivity index (χ0v) is 16.5. The van der Waals surface area contributed by atoms with Gasteiger partial charge in [-0.15, -0.1) is 0 Å². The van der Waals surface area contributed by atoms with Gasteiger partial charge in [-0.1, -0.05) is 12.1 Å². The summed E-state index contributed by atoms with van der Waals surface area (Å²) in [6.07, 6.45) is 4.10. The van der Waals surface area contributed by atoms with E-state index in [1.165, 1.54) is 0 Å². The number of ether oxygens (including phenoxy) is 1. The van der Waals surface area contributed by atoms with Gasteiger partial charge in [0.15, 0.2) is 5.96 Å². The maximum absolute atomic E-state index is 10.7. The molecule has 2 rings (SSSR count). The number of hydrogen-bond acceptors (Lipinski definition) is 4. The predicted molar refractivity (Wildman–Crippen MR) is 108 cm³/mol. The van der Waals surface area contributed by atoms with Gasteiger partial charge in [-0.3, -0.25) is 15.1 Å². The van der Waals surface area contributed by atoms with E-state index in [9.17, 15) is 10.1 Å². The monoisotopic (exact) mass is 376 g/mol. The Balaban J connectivity index is 1.74. The standard InChI is InChI=1S/C20H32N4O3/c1-3-21-20(23-14-12-18(15-23)16-27-4-2)22-13-6-5-7-17-8-10-19(11-9-17)24(25)26/h8-11,18H,3-7,12-16H2,1-2H3,(H,21,22). The molecule has 1 aliphatic heterocycles. The molecule has 7 heteroatoms. The van der Waals surface area contributed by atoms with E-state index in [0.717, 1.165) is 76.6 Å². The van der Waals surface area contributed by atoms with Crippen LogP contribution < -0.4 is 5.32 Å². The van der Waals surface area contributed by atoms with Crippen LogP contribution in [0.25, 0.3) is 0 Å². The Labute approximate surface area is 162 Å². The van der Waals surface area contributed by atoms with E-state index in [0.29, 0.717) is 5.92 Å². The minimum absolute atomic E-state index is 0.145. The van der Waals surface area contributed by atoms with Crippen molar-refractivity contribution in [2.24, 2.45) is 10.9 Å². The van der Waals surface area contributed by atoms with Crippen LogP contribution in [-0.2, 0) is 11.2 Å². The Morgan fingerprint density at radius 2 is 2.11 bits per heavy atom. The molecule has 0 spiro atoms. The molecule has 1 aromatic rings. The zero-order valence-electron chi connectivity index (χ0n) is 16.5. The number of nitro groups is 1. The van der Waals surface area contributed by atoms with E-state index in [2.05, 4.69) is 17.1 Å². The number of nitrogens with zero attached hydrogens (tertiary/aromatic N) is 3. The second kappa shape index (κ2) is 11.5. The zero-order chi connectivity index (χ0) is 19.5. The Morgan fingerprint density at radius 1 is 1.33 bits per heavy atom. The Bertz CT molecular complexity index is 604. The summed E-state index contributed by atoms with van der Waals surface area (Å²) in [5.41, 5.74) is 1.28. The van der Waals surface area contributed by atoms with Crippen LogP contribution in [0.4, 0.5) is 5.69 Å². The third kappa shape index (κ3) is 7.17. The maximum atomic E-state index is 10.7. The first-order valence-electron chi connectivity index (χ1n) is 9.98. The molecule has 1 heterocycles. The molecule has 27 heavy (non-hydrogen) atoms. The highest BCUT2D eigenvalue weighted by Crippen LogP contribution is 2.17. The average molecular weight is 377 g/mol. The van der Waals surface area contributed by atoms with Crippen LogP contribution >= 0.6 is 0 Å². The summed E-state index contributed by atoms with van der Waals surface area (Å²) in [5.74, 6) is 1.60. The van der Waals surface area contributed by atoms with Crippen LogP contribution in [0.15, 0.2) is 29.3 Å². The lowest BCUT2D eigenvalue weighted by atomic mass is 10.1. The number of likely N-dealkylation sites (tertiary alicyclic amines) is 1. The maximum Gasteiger partial charge on any atom is 0.269 e. The van der Waals surface area contributed by atoms with Crippen molar-refractivity contribution >= 4 is 11.6 Å². The van der Waals surface area contributed by atoms with Gasteiger partial charge >= 0.3 is 0 Å². The third-order valence-electron chi connectivity index (χ3n) is 4.76. The molecule has 1 N–H and O–H groups in total. The second-order valence-electron chi connectivity index (χ2n) is 6.88. The number of guanidine groups is 1. The Kier molecular flexibility index (Phi) is 9.04. The van der Waals surface area contributed by atoms with Gasteiger partial charge in [0.25, 0.3) is 5.69 Å². The molecule has 1 aliphatic rings. The SMILES string of the molecule is CCNC(=NCCCCc1ccc([N+](=O)[O-])cc1)N1CCC(COCC)C1. The number of benzene rings is 1. The summed E-state index contributed by atoms with van der Waals surface area (Å²) < 4.78 is 5.56. The van der Waals surface area contributed by atoms with Gasteiger partial charge in [0, 0.05) is 50.8 Å². The van der Waals surface area contributed by atoms with E-state index >= 15 is 0 Å². The summed E-state index contributed by atoms with van der Waals surface area (Å²) >= 11 is 0. The van der Waals surface area contributed by atoms with Crippen molar-refractivity contribution in [2.45, 2.75) is 39.5 Å². The van der Waals surface area contributed by atoms with Crippen molar-refractivity contribution in [2.75, 3.05) is 39.4 Å². The molecule has 1 fully saturated rings. The lowest BCUT2D eigenvalue weighted by Crippen LogP contribution is -2.40. The summed E-state index contributed by atoms with van der Waals surface area (Å²) in [5, 5.41) is 14.1. The smallest absolute Gasteiger partial charge is 0.269 e. The number of rotatable bonds is 10. The highest BCUT2D eigenvalue weighted by Gasteiger charge is 2.24. The summed E-state index contributed by atoms with van der Waals surface area (Å²) in [6.45, 7) is 9.45. The third-order valence-corrected chi connectivity index (χ3v) is 4.76. The van der Waals surface area contributed by atoms with Crippen molar-refractivity contribution in [1.82, 2.24) is 10.2 Å². The molecule has 0 aliphatic carbocycles. The quantitative estimate of drug-likeness (QED) is 0.223. The number of nitrogens with one attached hydrogen (secondary N) is 1. The normalized spacial score (nSPS) is 17.3. The summed E-state index contributed by atoms with van der Waals surface area (Å²) in [4.78, 5) is 17.4. The minimum atomic E-state index is -0.363. The topological polar surface area (TPSA) is 80.0 Å². The molecule has 0 bridgehead atoms. The molecular formula is C20H32N4O3. The van der Waals surface area contributed by atoms with Gasteiger partial charge in [-0.05, 0) is 45.1 Å². The van der Waals surface area contributed by atoms with Crippen LogP contribution in [0.5, 0.6) is 0 Å². The number of aryl methyl sites for hydroxylation is 1. The summed E-state index contributed by atoms with van der Waals surface area (Å²) in [7, 11) is 0. The molecule has 1 unspecified atom stereocenters. The Hall–Kier alpha value is -2.15. The van der Waals surface area contributed by atoms with Crippen molar-refractivity contribution in [3.8, 4) is 0 Å². The van der Waals surface area contributed by atoms with Crippen LogP contribution in [-0.4, -0.2) is 55.2 Å². The van der Waals surface area contributed by atoms with E-state index in [1.54, 1.807) is 12.1 Å². The van der Waals surface area contributed by atoms with Gasteiger partial charge in [0.05, 0.1) is 11.5 Å². The minimum Gasteiger partial charge on any atom is -0.381 e.